The molecule has 0 saturated carbocycles. The van der Waals surface area contributed by atoms with Gasteiger partial charge in [-0.25, -0.2) is 0 Å². The minimum atomic E-state index is 0.183. The molecular formula is C15H31N5O. The maximum Gasteiger partial charge on any atom is 0.219 e. The summed E-state index contributed by atoms with van der Waals surface area (Å²) in [5, 5.41) is 6.64. The summed E-state index contributed by atoms with van der Waals surface area (Å²) in [4.78, 5) is 20.1. The van der Waals surface area contributed by atoms with E-state index in [1.165, 1.54) is 0 Å². The monoisotopic (exact) mass is 297 g/mol. The van der Waals surface area contributed by atoms with Crippen LogP contribution in [0.2, 0.25) is 0 Å². The van der Waals surface area contributed by atoms with Gasteiger partial charge in [-0.05, 0) is 12.8 Å². The predicted octanol–water partition coefficient (Wildman–Crippen LogP) is 0.362. The number of carbonyl (C=O) groups is 1. The molecule has 1 rings (SSSR count). The van der Waals surface area contributed by atoms with Crippen LogP contribution in [0.15, 0.2) is 4.99 Å². The van der Waals surface area contributed by atoms with Crippen molar-refractivity contribution in [1.29, 1.82) is 0 Å². The second kappa shape index (κ2) is 9.60. The van der Waals surface area contributed by atoms with E-state index in [-0.39, 0.29) is 5.91 Å². The normalized spacial score (nSPS) is 17.2. The zero-order chi connectivity index (χ0) is 15.7. The third-order valence-corrected chi connectivity index (χ3v) is 3.50. The van der Waals surface area contributed by atoms with Crippen molar-refractivity contribution in [2.45, 2.75) is 27.7 Å². The summed E-state index contributed by atoms with van der Waals surface area (Å²) in [6.07, 6.45) is 0. The molecule has 0 atom stereocenters. The predicted molar refractivity (Wildman–Crippen MR) is 87.5 cm³/mol. The molecule has 1 heterocycles. The van der Waals surface area contributed by atoms with E-state index in [1.807, 2.05) is 4.90 Å². The van der Waals surface area contributed by atoms with Gasteiger partial charge in [-0.3, -0.25) is 14.7 Å². The number of guanidine groups is 1. The Hall–Kier alpha value is -1.30. The number of rotatable bonds is 6. The second-order valence-corrected chi connectivity index (χ2v) is 5.89. The Morgan fingerprint density at radius 3 is 2.38 bits per heavy atom. The highest BCUT2D eigenvalue weighted by Gasteiger charge is 2.17. The zero-order valence-corrected chi connectivity index (χ0v) is 14.0. The largest absolute Gasteiger partial charge is 0.357 e. The summed E-state index contributed by atoms with van der Waals surface area (Å²) in [6, 6.07) is 0. The number of aliphatic imine (C=N–C) groups is 1. The van der Waals surface area contributed by atoms with Crippen molar-refractivity contribution < 1.29 is 4.79 Å². The van der Waals surface area contributed by atoms with E-state index in [2.05, 4.69) is 41.3 Å². The van der Waals surface area contributed by atoms with Crippen molar-refractivity contribution in [3.05, 3.63) is 0 Å². The highest BCUT2D eigenvalue weighted by molar-refractivity contribution is 5.79. The quantitative estimate of drug-likeness (QED) is 0.549. The Balaban J connectivity index is 2.25. The van der Waals surface area contributed by atoms with Crippen LogP contribution in [0.5, 0.6) is 0 Å². The first-order chi connectivity index (χ1) is 10.0. The highest BCUT2D eigenvalue weighted by Crippen LogP contribution is 2.00. The van der Waals surface area contributed by atoms with E-state index < -0.39 is 0 Å². The van der Waals surface area contributed by atoms with Gasteiger partial charge in [0.05, 0.1) is 0 Å². The van der Waals surface area contributed by atoms with Crippen LogP contribution < -0.4 is 10.6 Å². The van der Waals surface area contributed by atoms with Crippen molar-refractivity contribution in [3.8, 4) is 0 Å². The molecule has 6 heteroatoms. The molecule has 0 spiro atoms. The molecule has 6 nitrogen and oxygen atoms in total. The summed E-state index contributed by atoms with van der Waals surface area (Å²) < 4.78 is 0. The van der Waals surface area contributed by atoms with Crippen LogP contribution in [0.3, 0.4) is 0 Å². The van der Waals surface area contributed by atoms with Crippen LogP contribution in [-0.2, 0) is 4.79 Å². The first-order valence-corrected chi connectivity index (χ1v) is 8.03. The average molecular weight is 297 g/mol. The lowest BCUT2D eigenvalue weighted by Gasteiger charge is -2.34. The van der Waals surface area contributed by atoms with Gasteiger partial charge < -0.3 is 15.5 Å². The lowest BCUT2D eigenvalue weighted by molar-refractivity contribution is -0.130. The summed E-state index contributed by atoms with van der Waals surface area (Å²) in [5.41, 5.74) is 0. The van der Waals surface area contributed by atoms with Crippen molar-refractivity contribution in [1.82, 2.24) is 20.4 Å². The minimum absolute atomic E-state index is 0.183. The highest BCUT2D eigenvalue weighted by atomic mass is 16.2. The number of hydrogen-bond acceptors (Lipinski definition) is 3. The molecule has 122 valence electrons. The topological polar surface area (TPSA) is 60.0 Å². The van der Waals surface area contributed by atoms with E-state index in [9.17, 15) is 4.79 Å². The second-order valence-electron chi connectivity index (χ2n) is 5.89. The molecule has 1 amide bonds. The van der Waals surface area contributed by atoms with Gasteiger partial charge >= 0.3 is 0 Å². The molecule has 0 radical (unpaired) electrons. The fraction of sp³-hybridized carbons (Fsp3) is 0.867. The van der Waals surface area contributed by atoms with Crippen LogP contribution in [0, 0.1) is 5.92 Å². The Morgan fingerprint density at radius 1 is 1.19 bits per heavy atom. The van der Waals surface area contributed by atoms with Crippen LogP contribution in [0.4, 0.5) is 0 Å². The Bertz CT molecular complexity index is 335. The van der Waals surface area contributed by atoms with Crippen LogP contribution in [0.1, 0.15) is 27.7 Å². The van der Waals surface area contributed by atoms with E-state index in [4.69, 9.17) is 0 Å². The number of amides is 1. The van der Waals surface area contributed by atoms with Gasteiger partial charge in [-0.2, -0.15) is 0 Å². The molecule has 1 aliphatic heterocycles. The third kappa shape index (κ3) is 7.32. The van der Waals surface area contributed by atoms with Gasteiger partial charge in [0.2, 0.25) is 5.91 Å². The fourth-order valence-corrected chi connectivity index (χ4v) is 2.23. The summed E-state index contributed by atoms with van der Waals surface area (Å²) in [5.74, 6) is 1.65. The SMILES string of the molecule is CCNC(=NCC(C)C)NCCN1CCN(C(C)=O)CC1. The molecule has 0 bridgehead atoms. The Morgan fingerprint density at radius 2 is 1.86 bits per heavy atom. The van der Waals surface area contributed by atoms with Crippen molar-refractivity contribution >= 4 is 11.9 Å². The molecule has 2 N–H and O–H groups in total. The van der Waals surface area contributed by atoms with Gasteiger partial charge in [0, 0.05) is 59.3 Å². The first kappa shape index (κ1) is 17.8. The fourth-order valence-electron chi connectivity index (χ4n) is 2.23. The maximum atomic E-state index is 11.3. The summed E-state index contributed by atoms with van der Waals surface area (Å²) in [6.45, 7) is 15.2. The molecule has 0 aliphatic carbocycles. The molecule has 0 aromatic rings. The van der Waals surface area contributed by atoms with Crippen molar-refractivity contribution in [3.63, 3.8) is 0 Å². The smallest absolute Gasteiger partial charge is 0.219 e. The first-order valence-electron chi connectivity index (χ1n) is 8.03. The lowest BCUT2D eigenvalue weighted by Crippen LogP contribution is -2.50. The molecule has 1 fully saturated rings. The van der Waals surface area contributed by atoms with Gasteiger partial charge in [0.1, 0.15) is 0 Å². The molecule has 1 saturated heterocycles. The van der Waals surface area contributed by atoms with Crippen LogP contribution in [0.25, 0.3) is 0 Å². The van der Waals surface area contributed by atoms with E-state index >= 15 is 0 Å². The van der Waals surface area contributed by atoms with Gasteiger partial charge in [-0.1, -0.05) is 13.8 Å². The molecule has 21 heavy (non-hydrogen) atoms. The Kier molecular flexibility index (Phi) is 8.12. The number of nitrogens with one attached hydrogen (secondary N) is 2. The number of nitrogens with zero attached hydrogens (tertiary/aromatic N) is 3. The van der Waals surface area contributed by atoms with E-state index in [0.717, 1.165) is 58.3 Å². The molecule has 0 aromatic carbocycles. The zero-order valence-electron chi connectivity index (χ0n) is 14.0. The van der Waals surface area contributed by atoms with E-state index in [1.54, 1.807) is 6.92 Å². The number of carbonyl (C=O) groups excluding carboxylic acids is 1. The molecule has 1 aliphatic rings. The van der Waals surface area contributed by atoms with E-state index in [0.29, 0.717) is 5.92 Å². The summed E-state index contributed by atoms with van der Waals surface area (Å²) in [7, 11) is 0. The molecular weight excluding hydrogens is 266 g/mol. The van der Waals surface area contributed by atoms with Gasteiger partial charge in [0.15, 0.2) is 5.96 Å². The molecule has 0 aromatic heterocycles. The lowest BCUT2D eigenvalue weighted by atomic mass is 10.2. The van der Waals surface area contributed by atoms with Crippen LogP contribution in [-0.4, -0.2) is 74.0 Å². The number of piperazine rings is 1. The van der Waals surface area contributed by atoms with Crippen molar-refractivity contribution in [2.24, 2.45) is 10.9 Å². The standard InChI is InChI=1S/C15H31N5O/c1-5-16-15(18-12-13(2)3)17-6-7-19-8-10-20(11-9-19)14(4)21/h13H,5-12H2,1-4H3,(H2,16,17,18). The van der Waals surface area contributed by atoms with Gasteiger partial charge in [-0.15, -0.1) is 0 Å². The molecule has 0 unspecified atom stereocenters. The maximum absolute atomic E-state index is 11.3. The third-order valence-electron chi connectivity index (χ3n) is 3.50. The van der Waals surface area contributed by atoms with Gasteiger partial charge in [0.25, 0.3) is 0 Å². The Labute approximate surface area is 129 Å². The van der Waals surface area contributed by atoms with Crippen LogP contribution >= 0.6 is 0 Å². The minimum Gasteiger partial charge on any atom is -0.357 e. The van der Waals surface area contributed by atoms with Crippen molar-refractivity contribution in [2.75, 3.05) is 52.4 Å². The number of hydrogen-bond donors (Lipinski definition) is 2. The average Bonchev–Trinajstić information content (AvgIpc) is 2.45. The summed E-state index contributed by atoms with van der Waals surface area (Å²) >= 11 is 0.